The molecule has 0 amide bonds. The third kappa shape index (κ3) is 1.86. The van der Waals surface area contributed by atoms with Crippen LogP contribution in [0.1, 0.15) is 18.1 Å². The van der Waals surface area contributed by atoms with Gasteiger partial charge in [-0.1, -0.05) is 17.7 Å². The second kappa shape index (κ2) is 4.26. The molecule has 1 aliphatic rings. The molecule has 0 aliphatic carbocycles. The number of fused-ring (bicyclic) bond motifs is 1. The molecule has 0 radical (unpaired) electrons. The molecule has 3 nitrogen and oxygen atoms in total. The molecule has 3 rings (SSSR count). The van der Waals surface area contributed by atoms with Crippen LogP contribution < -0.4 is 9.80 Å². The van der Waals surface area contributed by atoms with Gasteiger partial charge in [-0.2, -0.15) is 0 Å². The standard InChI is InChI=1S/C16H19N3/c1-11-5-7-14(8-6-11)19-13(3)18(4)15-9-12(2)10-17-16(15)19/h5-10,13H,1-4H3. The Bertz CT molecular complexity index is 604. The summed E-state index contributed by atoms with van der Waals surface area (Å²) in [6.07, 6.45) is 2.22. The summed E-state index contributed by atoms with van der Waals surface area (Å²) in [5.41, 5.74) is 4.87. The summed E-state index contributed by atoms with van der Waals surface area (Å²) in [4.78, 5) is 9.18. The van der Waals surface area contributed by atoms with Gasteiger partial charge in [0.05, 0.1) is 5.69 Å². The molecular formula is C16H19N3. The fraction of sp³-hybridized carbons (Fsp3) is 0.312. The lowest BCUT2D eigenvalue weighted by molar-refractivity contribution is 0.731. The first-order chi connectivity index (χ1) is 9.08. The Hall–Kier alpha value is -2.03. The highest BCUT2D eigenvalue weighted by Gasteiger charge is 2.32. The van der Waals surface area contributed by atoms with Crippen molar-refractivity contribution < 1.29 is 0 Å². The molecule has 19 heavy (non-hydrogen) atoms. The first-order valence-electron chi connectivity index (χ1n) is 6.63. The number of hydrogen-bond acceptors (Lipinski definition) is 3. The third-order valence-electron chi connectivity index (χ3n) is 3.84. The van der Waals surface area contributed by atoms with Crippen LogP contribution in [-0.2, 0) is 0 Å². The molecule has 2 heterocycles. The minimum Gasteiger partial charge on any atom is -0.351 e. The molecule has 0 N–H and O–H groups in total. The molecule has 0 saturated carbocycles. The Labute approximate surface area is 114 Å². The van der Waals surface area contributed by atoms with Crippen molar-refractivity contribution in [1.82, 2.24) is 4.98 Å². The Balaban J connectivity index is 2.11. The summed E-state index contributed by atoms with van der Waals surface area (Å²) in [6, 6.07) is 10.8. The van der Waals surface area contributed by atoms with Crippen molar-refractivity contribution in [3.8, 4) is 0 Å². The van der Waals surface area contributed by atoms with E-state index >= 15 is 0 Å². The molecule has 0 fully saturated rings. The number of nitrogens with zero attached hydrogens (tertiary/aromatic N) is 3. The van der Waals surface area contributed by atoms with Crippen molar-refractivity contribution >= 4 is 17.2 Å². The number of rotatable bonds is 1. The van der Waals surface area contributed by atoms with Crippen molar-refractivity contribution in [3.05, 3.63) is 47.7 Å². The highest BCUT2D eigenvalue weighted by molar-refractivity contribution is 5.80. The van der Waals surface area contributed by atoms with E-state index in [4.69, 9.17) is 0 Å². The number of aryl methyl sites for hydroxylation is 2. The zero-order valence-electron chi connectivity index (χ0n) is 11.9. The fourth-order valence-corrected chi connectivity index (χ4v) is 2.59. The largest absolute Gasteiger partial charge is 0.351 e. The minimum atomic E-state index is 0.284. The van der Waals surface area contributed by atoms with Crippen LogP contribution in [0.2, 0.25) is 0 Å². The number of pyridine rings is 1. The molecule has 98 valence electrons. The van der Waals surface area contributed by atoms with E-state index in [9.17, 15) is 0 Å². The summed E-state index contributed by atoms with van der Waals surface area (Å²) in [5.74, 6) is 1.05. The van der Waals surface area contributed by atoms with Crippen molar-refractivity contribution in [1.29, 1.82) is 0 Å². The van der Waals surface area contributed by atoms with Gasteiger partial charge in [0.15, 0.2) is 5.82 Å². The Morgan fingerprint density at radius 3 is 2.42 bits per heavy atom. The molecule has 0 saturated heterocycles. The summed E-state index contributed by atoms with van der Waals surface area (Å²) in [7, 11) is 2.12. The molecule has 2 aromatic rings. The summed E-state index contributed by atoms with van der Waals surface area (Å²) >= 11 is 0. The van der Waals surface area contributed by atoms with E-state index in [0.29, 0.717) is 0 Å². The van der Waals surface area contributed by atoms with E-state index < -0.39 is 0 Å². The van der Waals surface area contributed by atoms with Crippen LogP contribution in [0.3, 0.4) is 0 Å². The molecule has 3 heteroatoms. The Morgan fingerprint density at radius 2 is 1.74 bits per heavy atom. The van der Waals surface area contributed by atoms with Crippen LogP contribution in [0.4, 0.5) is 17.2 Å². The molecule has 1 aliphatic heterocycles. The monoisotopic (exact) mass is 253 g/mol. The maximum absolute atomic E-state index is 4.62. The van der Waals surface area contributed by atoms with Gasteiger partial charge in [-0.05, 0) is 44.5 Å². The third-order valence-corrected chi connectivity index (χ3v) is 3.84. The average Bonchev–Trinajstić information content (AvgIpc) is 2.64. The molecule has 0 bridgehead atoms. The predicted molar refractivity (Wildman–Crippen MR) is 80.2 cm³/mol. The van der Waals surface area contributed by atoms with E-state index in [-0.39, 0.29) is 6.17 Å². The van der Waals surface area contributed by atoms with Crippen LogP contribution in [0, 0.1) is 13.8 Å². The van der Waals surface area contributed by atoms with Gasteiger partial charge in [0.2, 0.25) is 0 Å². The molecule has 0 spiro atoms. The van der Waals surface area contributed by atoms with Gasteiger partial charge >= 0.3 is 0 Å². The molecule has 1 unspecified atom stereocenters. The molecule has 1 atom stereocenters. The SMILES string of the molecule is Cc1ccc(N2c3ncc(C)cc3N(C)C2C)cc1. The van der Waals surface area contributed by atoms with Crippen molar-refractivity contribution in [2.45, 2.75) is 26.9 Å². The smallest absolute Gasteiger partial charge is 0.158 e. The first kappa shape index (κ1) is 12.0. The summed E-state index contributed by atoms with van der Waals surface area (Å²) in [5, 5.41) is 0. The van der Waals surface area contributed by atoms with Gasteiger partial charge in [-0.15, -0.1) is 0 Å². The van der Waals surface area contributed by atoms with E-state index in [2.05, 4.69) is 72.9 Å². The second-order valence-corrected chi connectivity index (χ2v) is 5.30. The van der Waals surface area contributed by atoms with Crippen molar-refractivity contribution in [2.24, 2.45) is 0 Å². The maximum Gasteiger partial charge on any atom is 0.158 e. The van der Waals surface area contributed by atoms with Gasteiger partial charge in [-0.3, -0.25) is 0 Å². The number of anilines is 3. The lowest BCUT2D eigenvalue weighted by atomic mass is 10.2. The fourth-order valence-electron chi connectivity index (χ4n) is 2.59. The van der Waals surface area contributed by atoms with E-state index in [1.165, 1.54) is 22.5 Å². The Morgan fingerprint density at radius 1 is 1.05 bits per heavy atom. The number of benzene rings is 1. The van der Waals surface area contributed by atoms with Gasteiger partial charge in [-0.25, -0.2) is 4.98 Å². The van der Waals surface area contributed by atoms with Gasteiger partial charge in [0.1, 0.15) is 6.17 Å². The van der Waals surface area contributed by atoms with Gasteiger partial charge < -0.3 is 9.80 Å². The topological polar surface area (TPSA) is 19.4 Å². The van der Waals surface area contributed by atoms with Crippen LogP contribution >= 0.6 is 0 Å². The van der Waals surface area contributed by atoms with Crippen LogP contribution in [-0.4, -0.2) is 18.2 Å². The quantitative estimate of drug-likeness (QED) is 0.773. The zero-order valence-corrected chi connectivity index (χ0v) is 11.9. The lowest BCUT2D eigenvalue weighted by Crippen LogP contribution is -2.35. The second-order valence-electron chi connectivity index (χ2n) is 5.30. The van der Waals surface area contributed by atoms with E-state index in [1.54, 1.807) is 0 Å². The van der Waals surface area contributed by atoms with E-state index in [0.717, 1.165) is 5.82 Å². The minimum absolute atomic E-state index is 0.284. The summed E-state index contributed by atoms with van der Waals surface area (Å²) < 4.78 is 0. The first-order valence-corrected chi connectivity index (χ1v) is 6.63. The van der Waals surface area contributed by atoms with Crippen LogP contribution in [0.25, 0.3) is 0 Å². The Kier molecular flexibility index (Phi) is 2.70. The highest BCUT2D eigenvalue weighted by Crippen LogP contribution is 2.41. The van der Waals surface area contributed by atoms with Crippen LogP contribution in [0.5, 0.6) is 0 Å². The lowest BCUT2D eigenvalue weighted by Gasteiger charge is -2.27. The maximum atomic E-state index is 4.62. The molecule has 1 aromatic carbocycles. The highest BCUT2D eigenvalue weighted by atomic mass is 15.4. The van der Waals surface area contributed by atoms with Gasteiger partial charge in [0, 0.05) is 18.9 Å². The van der Waals surface area contributed by atoms with Gasteiger partial charge in [0.25, 0.3) is 0 Å². The van der Waals surface area contributed by atoms with Crippen molar-refractivity contribution in [2.75, 3.05) is 16.8 Å². The predicted octanol–water partition coefficient (Wildman–Crippen LogP) is 3.63. The van der Waals surface area contributed by atoms with Crippen LogP contribution in [0.15, 0.2) is 36.5 Å². The summed E-state index contributed by atoms with van der Waals surface area (Å²) in [6.45, 7) is 6.40. The number of hydrogen-bond donors (Lipinski definition) is 0. The zero-order chi connectivity index (χ0) is 13.6. The molecular weight excluding hydrogens is 234 g/mol. The van der Waals surface area contributed by atoms with Crippen molar-refractivity contribution in [3.63, 3.8) is 0 Å². The average molecular weight is 253 g/mol. The number of aromatic nitrogens is 1. The molecule has 1 aromatic heterocycles. The normalized spacial score (nSPS) is 17.8. The van der Waals surface area contributed by atoms with E-state index in [1.807, 2.05) is 6.20 Å².